The Morgan fingerprint density at radius 1 is 1.00 bits per heavy atom. The molecule has 2 amide bonds. The van der Waals surface area contributed by atoms with Gasteiger partial charge in [-0.3, -0.25) is 14.5 Å². The molecule has 2 fully saturated rings. The number of hydrogen-bond acceptors (Lipinski definition) is 7. The third-order valence-electron chi connectivity index (χ3n) is 7.19. The van der Waals surface area contributed by atoms with Gasteiger partial charge in [-0.05, 0) is 49.6 Å². The number of morpholine rings is 1. The lowest BCUT2D eigenvalue weighted by atomic mass is 9.84. The van der Waals surface area contributed by atoms with E-state index in [0.29, 0.717) is 50.1 Å². The van der Waals surface area contributed by atoms with Crippen LogP contribution in [0.15, 0.2) is 34.7 Å². The molecule has 0 unspecified atom stereocenters. The number of benzene rings is 1. The standard InChI is InChI=1S/C27H35N3O6/c1-20-5-7-23(36-20)17-30(16-21-6-8-24-25(15-21)35-19-34-24)26(31)18-29(27(32)22-3-2-4-22)10-9-28-11-13-33-14-12-28/h5-8,15,22H,2-4,9-14,16-19H2,1H3. The van der Waals surface area contributed by atoms with Crippen molar-refractivity contribution in [3.8, 4) is 11.5 Å². The summed E-state index contributed by atoms with van der Waals surface area (Å²) in [6.45, 7) is 7.27. The maximum atomic E-state index is 13.7. The summed E-state index contributed by atoms with van der Waals surface area (Å²) in [7, 11) is 0. The Kier molecular flexibility index (Phi) is 7.77. The zero-order chi connectivity index (χ0) is 24.9. The van der Waals surface area contributed by atoms with E-state index < -0.39 is 0 Å². The minimum absolute atomic E-state index is 0.0394. The molecular weight excluding hydrogens is 462 g/mol. The summed E-state index contributed by atoms with van der Waals surface area (Å²) in [6, 6.07) is 9.51. The van der Waals surface area contributed by atoms with Gasteiger partial charge in [0.2, 0.25) is 18.6 Å². The van der Waals surface area contributed by atoms with E-state index in [9.17, 15) is 9.59 Å². The van der Waals surface area contributed by atoms with Crippen LogP contribution in [0.5, 0.6) is 11.5 Å². The molecule has 0 atom stereocenters. The molecule has 0 bridgehead atoms. The Labute approximate surface area is 211 Å². The van der Waals surface area contributed by atoms with Crippen LogP contribution in [-0.2, 0) is 27.4 Å². The highest BCUT2D eigenvalue weighted by Gasteiger charge is 2.32. The average molecular weight is 498 g/mol. The van der Waals surface area contributed by atoms with Crippen LogP contribution in [0.4, 0.5) is 0 Å². The molecule has 1 saturated heterocycles. The van der Waals surface area contributed by atoms with Crippen LogP contribution in [0.3, 0.4) is 0 Å². The predicted molar refractivity (Wildman–Crippen MR) is 131 cm³/mol. The molecule has 9 nitrogen and oxygen atoms in total. The van der Waals surface area contributed by atoms with Crippen LogP contribution in [0, 0.1) is 12.8 Å². The summed E-state index contributed by atoms with van der Waals surface area (Å²) < 4.78 is 22.2. The third kappa shape index (κ3) is 6.02. The molecule has 1 saturated carbocycles. The van der Waals surface area contributed by atoms with Crippen LogP contribution in [0.1, 0.15) is 36.3 Å². The molecule has 36 heavy (non-hydrogen) atoms. The zero-order valence-corrected chi connectivity index (χ0v) is 20.9. The summed E-state index contributed by atoms with van der Waals surface area (Å²) in [5, 5.41) is 0. The number of nitrogens with zero attached hydrogens (tertiary/aromatic N) is 3. The van der Waals surface area contributed by atoms with Crippen LogP contribution >= 0.6 is 0 Å². The van der Waals surface area contributed by atoms with Gasteiger partial charge in [0.05, 0.1) is 26.3 Å². The number of amides is 2. The highest BCUT2D eigenvalue weighted by atomic mass is 16.7. The smallest absolute Gasteiger partial charge is 0.242 e. The van der Waals surface area contributed by atoms with Crippen molar-refractivity contribution in [2.45, 2.75) is 39.3 Å². The average Bonchev–Trinajstić information content (AvgIpc) is 3.48. The first-order chi connectivity index (χ1) is 17.5. The van der Waals surface area contributed by atoms with Crippen LogP contribution < -0.4 is 9.47 Å². The first kappa shape index (κ1) is 24.6. The van der Waals surface area contributed by atoms with Gasteiger partial charge in [-0.2, -0.15) is 0 Å². The number of ether oxygens (including phenoxy) is 3. The predicted octanol–water partition coefficient (Wildman–Crippen LogP) is 2.81. The molecule has 194 valence electrons. The molecule has 5 rings (SSSR count). The molecular formula is C27H35N3O6. The molecule has 3 aliphatic rings. The third-order valence-corrected chi connectivity index (χ3v) is 7.19. The minimum atomic E-state index is -0.101. The molecule has 1 aromatic heterocycles. The van der Waals surface area contributed by atoms with Gasteiger partial charge >= 0.3 is 0 Å². The van der Waals surface area contributed by atoms with Gasteiger partial charge in [0.15, 0.2) is 11.5 Å². The molecule has 0 spiro atoms. The van der Waals surface area contributed by atoms with Crippen molar-refractivity contribution in [1.29, 1.82) is 0 Å². The summed E-state index contributed by atoms with van der Waals surface area (Å²) in [5.74, 6) is 2.94. The van der Waals surface area contributed by atoms with Crippen molar-refractivity contribution in [2.75, 3.05) is 52.7 Å². The zero-order valence-electron chi connectivity index (χ0n) is 20.9. The number of rotatable bonds is 10. The molecule has 1 aromatic carbocycles. The topological polar surface area (TPSA) is 84.7 Å². The Morgan fingerprint density at radius 2 is 1.81 bits per heavy atom. The summed E-state index contributed by atoms with van der Waals surface area (Å²) in [4.78, 5) is 32.8. The Balaban J connectivity index is 1.30. The Bertz CT molecular complexity index is 1060. The fourth-order valence-electron chi connectivity index (χ4n) is 4.78. The maximum Gasteiger partial charge on any atom is 0.242 e. The van der Waals surface area contributed by atoms with Crippen molar-refractivity contribution in [3.05, 3.63) is 47.4 Å². The number of carbonyl (C=O) groups excluding carboxylic acids is 2. The monoisotopic (exact) mass is 497 g/mol. The van der Waals surface area contributed by atoms with Gasteiger partial charge in [-0.25, -0.2) is 0 Å². The van der Waals surface area contributed by atoms with E-state index in [4.69, 9.17) is 18.6 Å². The molecule has 1 aliphatic carbocycles. The van der Waals surface area contributed by atoms with Crippen molar-refractivity contribution < 1.29 is 28.2 Å². The first-order valence-electron chi connectivity index (χ1n) is 12.9. The molecule has 2 aliphatic heterocycles. The second-order valence-electron chi connectivity index (χ2n) is 9.79. The Morgan fingerprint density at radius 3 is 2.53 bits per heavy atom. The maximum absolute atomic E-state index is 13.7. The van der Waals surface area contributed by atoms with Crippen molar-refractivity contribution in [2.24, 2.45) is 5.92 Å². The van der Waals surface area contributed by atoms with E-state index in [1.54, 1.807) is 9.80 Å². The van der Waals surface area contributed by atoms with E-state index in [0.717, 1.165) is 50.2 Å². The fourth-order valence-corrected chi connectivity index (χ4v) is 4.78. The molecule has 2 aromatic rings. The van der Waals surface area contributed by atoms with Gasteiger partial charge in [0, 0.05) is 38.6 Å². The van der Waals surface area contributed by atoms with Crippen LogP contribution in [-0.4, -0.2) is 79.2 Å². The van der Waals surface area contributed by atoms with Crippen LogP contribution in [0.25, 0.3) is 0 Å². The number of hydrogen-bond donors (Lipinski definition) is 0. The minimum Gasteiger partial charge on any atom is -0.464 e. The quantitative estimate of drug-likeness (QED) is 0.499. The van der Waals surface area contributed by atoms with Gasteiger partial charge in [-0.15, -0.1) is 0 Å². The van der Waals surface area contributed by atoms with Crippen LogP contribution in [0.2, 0.25) is 0 Å². The van der Waals surface area contributed by atoms with E-state index in [1.807, 2.05) is 37.3 Å². The summed E-state index contributed by atoms with van der Waals surface area (Å²) in [6.07, 6.45) is 2.90. The molecule has 3 heterocycles. The fraction of sp³-hybridized carbons (Fsp3) is 0.556. The SMILES string of the molecule is Cc1ccc(CN(Cc2ccc3c(c2)OCO3)C(=O)CN(CCN2CCOCC2)C(=O)C2CCC2)o1. The largest absolute Gasteiger partial charge is 0.464 e. The van der Waals surface area contributed by atoms with E-state index in [2.05, 4.69) is 4.90 Å². The molecule has 0 radical (unpaired) electrons. The second kappa shape index (κ2) is 11.3. The molecule has 9 heteroatoms. The number of aryl methyl sites for hydroxylation is 1. The lowest BCUT2D eigenvalue weighted by Gasteiger charge is -2.35. The van der Waals surface area contributed by atoms with Crippen molar-refractivity contribution >= 4 is 11.8 Å². The summed E-state index contributed by atoms with van der Waals surface area (Å²) in [5.41, 5.74) is 0.932. The highest BCUT2D eigenvalue weighted by molar-refractivity contribution is 5.86. The normalized spacial score (nSPS) is 17.6. The highest BCUT2D eigenvalue weighted by Crippen LogP contribution is 2.33. The second-order valence-corrected chi connectivity index (χ2v) is 9.79. The van der Waals surface area contributed by atoms with Crippen molar-refractivity contribution in [1.82, 2.24) is 14.7 Å². The van der Waals surface area contributed by atoms with Crippen molar-refractivity contribution in [3.63, 3.8) is 0 Å². The van der Waals surface area contributed by atoms with Gasteiger partial charge in [0.25, 0.3) is 0 Å². The van der Waals surface area contributed by atoms with Gasteiger partial charge < -0.3 is 28.4 Å². The van der Waals surface area contributed by atoms with E-state index in [1.165, 1.54) is 0 Å². The summed E-state index contributed by atoms with van der Waals surface area (Å²) >= 11 is 0. The number of furan rings is 1. The van der Waals surface area contributed by atoms with Gasteiger partial charge in [0.1, 0.15) is 11.5 Å². The van der Waals surface area contributed by atoms with Gasteiger partial charge in [-0.1, -0.05) is 12.5 Å². The lowest BCUT2D eigenvalue weighted by Crippen LogP contribution is -2.49. The number of carbonyl (C=O) groups is 2. The Hall–Kier alpha value is -3.04. The van der Waals surface area contributed by atoms with E-state index in [-0.39, 0.29) is 31.1 Å². The number of fused-ring (bicyclic) bond motifs is 1. The first-order valence-corrected chi connectivity index (χ1v) is 12.9. The van der Waals surface area contributed by atoms with E-state index >= 15 is 0 Å². The lowest BCUT2D eigenvalue weighted by molar-refractivity contribution is -0.145. The molecule has 0 N–H and O–H groups in total.